The molecule has 0 bridgehead atoms. The van der Waals surface area contributed by atoms with Gasteiger partial charge in [-0.1, -0.05) is 33.1 Å². The zero-order valence-electron chi connectivity index (χ0n) is 15.1. The van der Waals surface area contributed by atoms with Crippen LogP contribution in [0.15, 0.2) is 0 Å². The van der Waals surface area contributed by atoms with E-state index in [0.717, 1.165) is 6.54 Å². The Morgan fingerprint density at radius 1 is 1.05 bits per heavy atom. The number of ether oxygens (including phenoxy) is 1. The Labute approximate surface area is 132 Å². The van der Waals surface area contributed by atoms with E-state index in [2.05, 4.69) is 39.9 Å². The third kappa shape index (κ3) is 4.96. The van der Waals surface area contributed by atoms with Gasteiger partial charge in [0, 0.05) is 12.1 Å². The van der Waals surface area contributed by atoms with E-state index in [-0.39, 0.29) is 11.1 Å². The average molecular weight is 296 g/mol. The fourth-order valence-corrected chi connectivity index (χ4v) is 3.97. The van der Waals surface area contributed by atoms with Gasteiger partial charge in [-0.25, -0.2) is 0 Å². The van der Waals surface area contributed by atoms with Gasteiger partial charge in [0.25, 0.3) is 0 Å². The van der Waals surface area contributed by atoms with Crippen molar-refractivity contribution in [1.82, 2.24) is 5.32 Å². The summed E-state index contributed by atoms with van der Waals surface area (Å²) in [5.74, 6) is 0. The van der Waals surface area contributed by atoms with E-state index in [1.165, 1.54) is 57.8 Å². The predicted octanol–water partition coefficient (Wildman–Crippen LogP) is 5.06. The quantitative estimate of drug-likeness (QED) is 0.765. The highest BCUT2D eigenvalue weighted by atomic mass is 16.5. The average Bonchev–Trinajstić information content (AvgIpc) is 2.79. The molecule has 2 atom stereocenters. The van der Waals surface area contributed by atoms with Crippen LogP contribution in [0.3, 0.4) is 0 Å². The minimum Gasteiger partial charge on any atom is -0.372 e. The fourth-order valence-electron chi connectivity index (χ4n) is 3.97. The molecule has 1 spiro atoms. The first-order valence-electron chi connectivity index (χ1n) is 9.19. The summed E-state index contributed by atoms with van der Waals surface area (Å²) in [6.45, 7) is 12.6. The molecule has 2 heteroatoms. The molecule has 0 aromatic carbocycles. The van der Waals surface area contributed by atoms with E-state index in [4.69, 9.17) is 4.74 Å². The van der Waals surface area contributed by atoms with Crippen molar-refractivity contribution >= 4 is 0 Å². The maximum atomic E-state index is 6.59. The lowest BCUT2D eigenvalue weighted by atomic mass is 9.80. The van der Waals surface area contributed by atoms with Gasteiger partial charge in [0.15, 0.2) is 0 Å². The molecule has 1 saturated carbocycles. The summed E-state index contributed by atoms with van der Waals surface area (Å²) in [5, 5.41) is 3.70. The van der Waals surface area contributed by atoms with Gasteiger partial charge < -0.3 is 10.1 Å². The second-order valence-corrected chi connectivity index (χ2v) is 8.99. The van der Waals surface area contributed by atoms with Gasteiger partial charge in [0.05, 0.1) is 11.7 Å². The molecule has 1 aliphatic heterocycles. The Kier molecular flexibility index (Phi) is 5.41. The topological polar surface area (TPSA) is 21.3 Å². The SMILES string of the molecule is CCC(C)(CNC(C)(C)C)CC1CCC2(CCCCC2)O1. The molecule has 0 aromatic heterocycles. The maximum absolute atomic E-state index is 6.59. The molecule has 1 heterocycles. The Balaban J connectivity index is 1.87. The molecule has 2 nitrogen and oxygen atoms in total. The van der Waals surface area contributed by atoms with E-state index in [1.54, 1.807) is 0 Å². The predicted molar refractivity (Wildman–Crippen MR) is 90.7 cm³/mol. The lowest BCUT2D eigenvalue weighted by Crippen LogP contribution is -2.44. The normalized spacial score (nSPS) is 28.7. The molecule has 0 amide bonds. The van der Waals surface area contributed by atoms with Crippen LogP contribution in [0.5, 0.6) is 0 Å². The first-order chi connectivity index (χ1) is 9.76. The molecular formula is C19H37NO. The van der Waals surface area contributed by atoms with Crippen molar-refractivity contribution in [3.05, 3.63) is 0 Å². The molecule has 124 valence electrons. The Morgan fingerprint density at radius 3 is 2.29 bits per heavy atom. The number of hydrogen-bond donors (Lipinski definition) is 1. The molecule has 21 heavy (non-hydrogen) atoms. The second kappa shape index (κ2) is 6.58. The van der Waals surface area contributed by atoms with Crippen LogP contribution in [0.25, 0.3) is 0 Å². The van der Waals surface area contributed by atoms with Crippen LogP contribution in [0.1, 0.15) is 92.4 Å². The maximum Gasteiger partial charge on any atom is 0.0687 e. The molecule has 1 N–H and O–H groups in total. The smallest absolute Gasteiger partial charge is 0.0687 e. The lowest BCUT2D eigenvalue weighted by molar-refractivity contribution is -0.0762. The summed E-state index contributed by atoms with van der Waals surface area (Å²) in [4.78, 5) is 0. The minimum absolute atomic E-state index is 0.206. The Bertz CT molecular complexity index is 327. The lowest BCUT2D eigenvalue weighted by Gasteiger charge is -2.37. The second-order valence-electron chi connectivity index (χ2n) is 8.99. The largest absolute Gasteiger partial charge is 0.372 e. The van der Waals surface area contributed by atoms with E-state index >= 15 is 0 Å². The van der Waals surface area contributed by atoms with E-state index in [9.17, 15) is 0 Å². The van der Waals surface area contributed by atoms with Crippen LogP contribution < -0.4 is 5.32 Å². The number of rotatable bonds is 5. The van der Waals surface area contributed by atoms with Crippen molar-refractivity contribution in [3.63, 3.8) is 0 Å². The Hall–Kier alpha value is -0.0800. The highest BCUT2D eigenvalue weighted by Gasteiger charge is 2.42. The van der Waals surface area contributed by atoms with Crippen LogP contribution in [0.2, 0.25) is 0 Å². The van der Waals surface area contributed by atoms with Crippen LogP contribution in [0.4, 0.5) is 0 Å². The summed E-state index contributed by atoms with van der Waals surface area (Å²) < 4.78 is 6.59. The van der Waals surface area contributed by atoms with Crippen molar-refractivity contribution < 1.29 is 4.74 Å². The van der Waals surface area contributed by atoms with Crippen LogP contribution in [0, 0.1) is 5.41 Å². The summed E-state index contributed by atoms with van der Waals surface area (Å²) in [6.07, 6.45) is 12.3. The summed E-state index contributed by atoms with van der Waals surface area (Å²) >= 11 is 0. The van der Waals surface area contributed by atoms with E-state index < -0.39 is 0 Å². The van der Waals surface area contributed by atoms with E-state index in [0.29, 0.717) is 11.5 Å². The molecule has 0 aromatic rings. The van der Waals surface area contributed by atoms with Crippen LogP contribution >= 0.6 is 0 Å². The van der Waals surface area contributed by atoms with E-state index in [1.807, 2.05) is 0 Å². The number of hydrogen-bond acceptors (Lipinski definition) is 2. The molecule has 1 saturated heterocycles. The van der Waals surface area contributed by atoms with Crippen molar-refractivity contribution in [3.8, 4) is 0 Å². The third-order valence-corrected chi connectivity index (χ3v) is 5.72. The van der Waals surface area contributed by atoms with Crippen molar-refractivity contribution in [2.75, 3.05) is 6.54 Å². The van der Waals surface area contributed by atoms with Gasteiger partial charge in [0.2, 0.25) is 0 Å². The molecular weight excluding hydrogens is 258 g/mol. The van der Waals surface area contributed by atoms with Crippen molar-refractivity contribution in [2.45, 2.75) is 110 Å². The zero-order chi connectivity index (χ0) is 15.6. The molecule has 2 aliphatic rings. The Morgan fingerprint density at radius 2 is 1.71 bits per heavy atom. The molecule has 0 radical (unpaired) electrons. The summed E-state index contributed by atoms with van der Waals surface area (Å²) in [5.41, 5.74) is 0.838. The zero-order valence-corrected chi connectivity index (χ0v) is 15.1. The van der Waals surface area contributed by atoms with Gasteiger partial charge in [-0.15, -0.1) is 0 Å². The standard InChI is InChI=1S/C19H37NO/c1-6-18(5,15-20-17(2,3)4)14-16-10-13-19(21-16)11-8-7-9-12-19/h16,20H,6-15H2,1-5H3. The van der Waals surface area contributed by atoms with Crippen molar-refractivity contribution in [1.29, 1.82) is 0 Å². The first-order valence-corrected chi connectivity index (χ1v) is 9.19. The van der Waals surface area contributed by atoms with Gasteiger partial charge in [-0.05, 0) is 64.7 Å². The molecule has 2 rings (SSSR count). The van der Waals surface area contributed by atoms with Gasteiger partial charge in [-0.3, -0.25) is 0 Å². The van der Waals surface area contributed by atoms with Gasteiger partial charge >= 0.3 is 0 Å². The highest BCUT2D eigenvalue weighted by Crippen LogP contribution is 2.44. The van der Waals surface area contributed by atoms with Crippen molar-refractivity contribution in [2.24, 2.45) is 5.41 Å². The van der Waals surface area contributed by atoms with Crippen LogP contribution in [-0.4, -0.2) is 23.8 Å². The first kappa shape index (κ1) is 17.3. The number of nitrogens with one attached hydrogen (secondary N) is 1. The summed E-state index contributed by atoms with van der Waals surface area (Å²) in [6, 6.07) is 0. The minimum atomic E-state index is 0.206. The fraction of sp³-hybridized carbons (Fsp3) is 1.00. The highest BCUT2D eigenvalue weighted by molar-refractivity contribution is 4.93. The van der Waals surface area contributed by atoms with Gasteiger partial charge in [-0.2, -0.15) is 0 Å². The van der Waals surface area contributed by atoms with Gasteiger partial charge in [0.1, 0.15) is 0 Å². The summed E-state index contributed by atoms with van der Waals surface area (Å²) in [7, 11) is 0. The third-order valence-electron chi connectivity index (χ3n) is 5.72. The molecule has 2 fully saturated rings. The van der Waals surface area contributed by atoms with Crippen LogP contribution in [-0.2, 0) is 4.74 Å². The molecule has 1 aliphatic carbocycles. The monoisotopic (exact) mass is 295 g/mol. The molecule has 2 unspecified atom stereocenters.